The average molecular weight is 417 g/mol. The zero-order chi connectivity index (χ0) is 21.4. The molecule has 2 atom stereocenters. The number of carbonyl (C=O) groups is 2. The second kappa shape index (κ2) is 15.4. The van der Waals surface area contributed by atoms with Gasteiger partial charge in [0, 0.05) is 32.4 Å². The number of unbranched alkanes of at least 4 members (excludes halogenated alkanes) is 3. The fourth-order valence-electron chi connectivity index (χ4n) is 2.86. The van der Waals surface area contributed by atoms with Crippen molar-refractivity contribution < 1.29 is 27.5 Å². The highest BCUT2D eigenvalue weighted by atomic mass is 32.2. The van der Waals surface area contributed by atoms with Crippen LogP contribution in [-0.2, 0) is 28.9 Å². The molecule has 0 bridgehead atoms. The molecule has 0 spiro atoms. The predicted molar refractivity (Wildman–Crippen MR) is 110 cm³/mol. The van der Waals surface area contributed by atoms with Crippen LogP contribution < -0.4 is 0 Å². The highest BCUT2D eigenvalue weighted by Crippen LogP contribution is 2.18. The van der Waals surface area contributed by atoms with E-state index in [4.69, 9.17) is 4.74 Å². The van der Waals surface area contributed by atoms with Gasteiger partial charge in [-0.2, -0.15) is 0 Å². The second-order valence-corrected chi connectivity index (χ2v) is 9.42. The Labute approximate surface area is 170 Å². The monoisotopic (exact) mass is 416 g/mol. The second-order valence-electron chi connectivity index (χ2n) is 7.10. The molecule has 0 aliphatic heterocycles. The highest BCUT2D eigenvalue weighted by molar-refractivity contribution is 7.91. The van der Waals surface area contributed by atoms with Crippen molar-refractivity contribution in [3.63, 3.8) is 0 Å². The molecule has 0 aromatic carbocycles. The van der Waals surface area contributed by atoms with Crippen LogP contribution >= 0.6 is 0 Å². The molecule has 0 fully saturated rings. The molecule has 0 aliphatic carbocycles. The van der Waals surface area contributed by atoms with Crippen LogP contribution in [0, 0.1) is 11.8 Å². The van der Waals surface area contributed by atoms with Crippen LogP contribution in [-0.4, -0.2) is 45.1 Å². The molecular weight excluding hydrogens is 380 g/mol. The zero-order valence-electron chi connectivity index (χ0n) is 17.8. The van der Waals surface area contributed by atoms with Gasteiger partial charge >= 0.3 is 11.9 Å². The van der Waals surface area contributed by atoms with E-state index in [1.165, 1.54) is 20.3 Å². The lowest BCUT2D eigenvalue weighted by atomic mass is 10.0. The van der Waals surface area contributed by atoms with E-state index >= 15 is 0 Å². The lowest BCUT2D eigenvalue weighted by Gasteiger charge is -2.18. The van der Waals surface area contributed by atoms with E-state index in [1.807, 2.05) is 0 Å². The molecule has 0 radical (unpaired) electrons. The maximum atomic E-state index is 12.0. The molecule has 0 saturated carbocycles. The lowest BCUT2D eigenvalue weighted by molar-refractivity contribution is -0.147. The molecule has 0 aliphatic rings. The van der Waals surface area contributed by atoms with Gasteiger partial charge in [0.25, 0.3) is 0 Å². The van der Waals surface area contributed by atoms with Crippen molar-refractivity contribution in [3.8, 4) is 11.8 Å². The number of esters is 2. The van der Waals surface area contributed by atoms with Gasteiger partial charge in [-0.1, -0.05) is 19.8 Å². The Morgan fingerprint density at radius 1 is 1.00 bits per heavy atom. The fraction of sp³-hybridized carbons (Fsp3) is 0.810. The Morgan fingerprint density at radius 2 is 1.68 bits per heavy atom. The van der Waals surface area contributed by atoms with Gasteiger partial charge in [0.15, 0.2) is 9.84 Å². The van der Waals surface area contributed by atoms with E-state index in [0.29, 0.717) is 38.5 Å². The van der Waals surface area contributed by atoms with E-state index < -0.39 is 15.1 Å². The van der Waals surface area contributed by atoms with Gasteiger partial charge in [-0.25, -0.2) is 8.42 Å². The minimum absolute atomic E-state index is 0.145. The summed E-state index contributed by atoms with van der Waals surface area (Å²) in [5.41, 5.74) is 0. The van der Waals surface area contributed by atoms with Crippen molar-refractivity contribution in [2.75, 3.05) is 13.4 Å². The minimum atomic E-state index is -3.20. The van der Waals surface area contributed by atoms with Gasteiger partial charge in [-0.05, 0) is 38.5 Å². The van der Waals surface area contributed by atoms with Gasteiger partial charge in [0.2, 0.25) is 0 Å². The Balaban J connectivity index is 4.47. The molecular formula is C21H36O6S. The van der Waals surface area contributed by atoms with Gasteiger partial charge in [0.1, 0.15) is 6.10 Å². The van der Waals surface area contributed by atoms with Crippen molar-refractivity contribution >= 4 is 21.8 Å². The molecule has 28 heavy (non-hydrogen) atoms. The largest absolute Gasteiger partial charge is 0.469 e. The lowest BCUT2D eigenvalue weighted by Crippen LogP contribution is -2.21. The Kier molecular flexibility index (Phi) is 14.5. The van der Waals surface area contributed by atoms with E-state index in [9.17, 15) is 18.0 Å². The number of carbonyl (C=O) groups excluding carboxylic acids is 2. The summed E-state index contributed by atoms with van der Waals surface area (Å²) < 4.78 is 34.0. The molecule has 0 amide bonds. The van der Waals surface area contributed by atoms with E-state index in [-0.39, 0.29) is 24.5 Å². The zero-order valence-corrected chi connectivity index (χ0v) is 18.6. The SMILES string of the molecule is CCCCCC(CCCC(CC#CCCCC(=O)OC)S(C)(=O)=O)OC(C)=O. The molecule has 7 heteroatoms. The van der Waals surface area contributed by atoms with Crippen LogP contribution in [0.5, 0.6) is 0 Å². The highest BCUT2D eigenvalue weighted by Gasteiger charge is 2.20. The number of hydrogen-bond donors (Lipinski definition) is 0. The molecule has 0 rings (SSSR count). The van der Waals surface area contributed by atoms with E-state index in [0.717, 1.165) is 25.7 Å². The minimum Gasteiger partial charge on any atom is -0.469 e. The van der Waals surface area contributed by atoms with Gasteiger partial charge < -0.3 is 9.47 Å². The first-order valence-corrected chi connectivity index (χ1v) is 12.0. The van der Waals surface area contributed by atoms with Crippen molar-refractivity contribution in [1.82, 2.24) is 0 Å². The molecule has 0 N–H and O–H groups in total. The molecule has 0 heterocycles. The Morgan fingerprint density at radius 3 is 2.25 bits per heavy atom. The topological polar surface area (TPSA) is 86.7 Å². The first-order chi connectivity index (χ1) is 13.2. The number of methoxy groups -OCH3 is 1. The summed E-state index contributed by atoms with van der Waals surface area (Å²) in [6, 6.07) is 0. The van der Waals surface area contributed by atoms with Crippen LogP contribution in [0.2, 0.25) is 0 Å². The molecule has 0 aromatic heterocycles. The summed E-state index contributed by atoms with van der Waals surface area (Å²) in [6.07, 6.45) is 8.68. The molecule has 162 valence electrons. The van der Waals surface area contributed by atoms with Crippen LogP contribution in [0.25, 0.3) is 0 Å². The summed E-state index contributed by atoms with van der Waals surface area (Å²) in [7, 11) is -1.85. The first kappa shape index (κ1) is 26.4. The summed E-state index contributed by atoms with van der Waals surface area (Å²) in [5.74, 6) is 5.31. The van der Waals surface area contributed by atoms with E-state index in [2.05, 4.69) is 23.5 Å². The summed E-state index contributed by atoms with van der Waals surface area (Å²) in [5, 5.41) is -0.519. The van der Waals surface area contributed by atoms with Crippen LogP contribution in [0.1, 0.15) is 84.5 Å². The Bertz CT molecular complexity index is 615. The number of ether oxygens (including phenoxy) is 2. The van der Waals surface area contributed by atoms with Crippen molar-refractivity contribution in [2.45, 2.75) is 95.8 Å². The summed E-state index contributed by atoms with van der Waals surface area (Å²) >= 11 is 0. The smallest absolute Gasteiger partial charge is 0.305 e. The first-order valence-electron chi connectivity index (χ1n) is 10.1. The summed E-state index contributed by atoms with van der Waals surface area (Å²) in [4.78, 5) is 22.3. The number of rotatable bonds is 14. The maximum absolute atomic E-state index is 12.0. The van der Waals surface area contributed by atoms with Crippen LogP contribution in [0.4, 0.5) is 0 Å². The third-order valence-electron chi connectivity index (χ3n) is 4.49. The van der Waals surface area contributed by atoms with Gasteiger partial charge in [-0.15, -0.1) is 11.8 Å². The molecule has 0 saturated heterocycles. The average Bonchev–Trinajstić information content (AvgIpc) is 2.61. The van der Waals surface area contributed by atoms with E-state index in [1.54, 1.807) is 0 Å². The number of sulfone groups is 1. The fourth-order valence-corrected chi connectivity index (χ4v) is 3.84. The number of hydrogen-bond acceptors (Lipinski definition) is 6. The van der Waals surface area contributed by atoms with Crippen molar-refractivity contribution in [2.24, 2.45) is 0 Å². The molecule has 6 nitrogen and oxygen atoms in total. The third kappa shape index (κ3) is 14.5. The van der Waals surface area contributed by atoms with Gasteiger partial charge in [-0.3, -0.25) is 9.59 Å². The maximum Gasteiger partial charge on any atom is 0.305 e. The standard InChI is InChI=1S/C21H36O6S/c1-5-6-9-13-19(27-18(2)22)14-12-16-20(28(4,24)25)15-10-7-8-11-17-21(23)26-3/h19-20H,5-6,8-9,11-17H2,1-4H3. The summed E-state index contributed by atoms with van der Waals surface area (Å²) in [6.45, 7) is 3.52. The van der Waals surface area contributed by atoms with Crippen molar-refractivity contribution in [3.05, 3.63) is 0 Å². The van der Waals surface area contributed by atoms with Crippen LogP contribution in [0.3, 0.4) is 0 Å². The van der Waals surface area contributed by atoms with Crippen molar-refractivity contribution in [1.29, 1.82) is 0 Å². The molecule has 2 unspecified atom stereocenters. The normalized spacial score (nSPS) is 13.1. The third-order valence-corrected chi connectivity index (χ3v) is 6.10. The Hall–Kier alpha value is -1.55. The molecule has 0 aromatic rings. The van der Waals surface area contributed by atoms with Crippen LogP contribution in [0.15, 0.2) is 0 Å². The van der Waals surface area contributed by atoms with Gasteiger partial charge in [0.05, 0.1) is 12.4 Å². The quantitative estimate of drug-likeness (QED) is 0.243. The predicted octanol–water partition coefficient (Wildman–Crippen LogP) is 3.82.